The highest BCUT2D eigenvalue weighted by atomic mass is 32.1. The Hall–Kier alpha value is -6.42. The lowest BCUT2D eigenvalue weighted by Gasteiger charge is -2.21. The molecular formula is C51H34N2S. The quantitative estimate of drug-likeness (QED) is 0.182. The number of thiophene rings is 1. The molecule has 0 spiro atoms. The molecule has 2 nitrogen and oxygen atoms in total. The molecule has 0 aliphatic heterocycles. The molecule has 0 amide bonds. The Kier molecular flexibility index (Phi) is 6.80. The van der Waals surface area contributed by atoms with Crippen LogP contribution in [0.15, 0.2) is 170 Å². The summed E-state index contributed by atoms with van der Waals surface area (Å²) in [6, 6.07) is 61.6. The van der Waals surface area contributed by atoms with Crippen molar-refractivity contribution in [3.05, 3.63) is 181 Å². The van der Waals surface area contributed by atoms with E-state index in [1.807, 2.05) is 11.3 Å². The molecule has 0 radical (unpaired) electrons. The van der Waals surface area contributed by atoms with Crippen molar-refractivity contribution in [2.24, 2.45) is 0 Å². The fourth-order valence-electron chi connectivity index (χ4n) is 8.86. The number of aromatic nitrogens is 2. The predicted molar refractivity (Wildman–Crippen MR) is 229 cm³/mol. The summed E-state index contributed by atoms with van der Waals surface area (Å²) in [5.41, 5.74) is 12.9. The van der Waals surface area contributed by atoms with Gasteiger partial charge >= 0.3 is 0 Å². The van der Waals surface area contributed by atoms with E-state index in [0.717, 1.165) is 39.3 Å². The highest BCUT2D eigenvalue weighted by Crippen LogP contribution is 2.52. The van der Waals surface area contributed by atoms with Crippen LogP contribution in [0.2, 0.25) is 0 Å². The third-order valence-electron chi connectivity index (χ3n) is 11.5. The zero-order valence-corrected chi connectivity index (χ0v) is 30.8. The minimum atomic E-state index is -0.0713. The van der Waals surface area contributed by atoms with Crippen LogP contribution in [0.5, 0.6) is 0 Å². The van der Waals surface area contributed by atoms with E-state index in [1.165, 1.54) is 69.7 Å². The second kappa shape index (κ2) is 11.8. The van der Waals surface area contributed by atoms with Gasteiger partial charge in [0.2, 0.25) is 0 Å². The van der Waals surface area contributed by atoms with Crippen molar-refractivity contribution < 1.29 is 0 Å². The fraction of sp³-hybridized carbons (Fsp3) is 0.0588. The van der Waals surface area contributed by atoms with Gasteiger partial charge < -0.3 is 0 Å². The van der Waals surface area contributed by atoms with Gasteiger partial charge in [-0.05, 0) is 73.1 Å². The first-order chi connectivity index (χ1) is 26.5. The molecular weight excluding hydrogens is 673 g/mol. The smallest absolute Gasteiger partial charge is 0.161 e. The standard InChI is InChI=1S/C51H34N2S/c1-51(2)43-27-26-33(29-42(43)48-35-16-7-6-13-31(35)25-28-44(48)51)34-18-10-20-37-36(34)19-11-22-40(37)50-52-45(32-14-4-3-5-15-32)30-46(53-50)41-23-12-21-39-38-17-8-9-24-47(38)54-49(39)41/h3-30H,1-2H3. The van der Waals surface area contributed by atoms with Crippen molar-refractivity contribution in [2.75, 3.05) is 0 Å². The zero-order valence-electron chi connectivity index (χ0n) is 30.0. The number of fused-ring (bicyclic) bond motifs is 9. The minimum absolute atomic E-state index is 0.0713. The van der Waals surface area contributed by atoms with E-state index in [9.17, 15) is 0 Å². The molecule has 8 aromatic carbocycles. The van der Waals surface area contributed by atoms with Gasteiger partial charge in [0.1, 0.15) is 0 Å². The van der Waals surface area contributed by atoms with Gasteiger partial charge in [0.15, 0.2) is 5.82 Å². The average Bonchev–Trinajstić information content (AvgIpc) is 3.72. The van der Waals surface area contributed by atoms with Crippen LogP contribution in [0, 0.1) is 0 Å². The molecule has 0 saturated heterocycles. The summed E-state index contributed by atoms with van der Waals surface area (Å²) in [6.07, 6.45) is 0. The lowest BCUT2D eigenvalue weighted by atomic mass is 9.81. The lowest BCUT2D eigenvalue weighted by Crippen LogP contribution is -2.14. The van der Waals surface area contributed by atoms with Crippen molar-refractivity contribution >= 4 is 53.1 Å². The molecule has 0 N–H and O–H groups in total. The van der Waals surface area contributed by atoms with Crippen molar-refractivity contribution in [1.29, 1.82) is 0 Å². The SMILES string of the molecule is CC1(C)c2ccc(-c3cccc4c(-c5nc(-c6ccccc6)cc(-c6cccc7c6sc6ccccc67)n5)cccc34)cc2-c2c1ccc1ccccc21. The maximum absolute atomic E-state index is 5.38. The maximum atomic E-state index is 5.38. The Balaban J connectivity index is 1.11. The molecule has 11 rings (SSSR count). The van der Waals surface area contributed by atoms with Crippen LogP contribution in [-0.4, -0.2) is 9.97 Å². The van der Waals surface area contributed by atoms with Gasteiger partial charge in [-0.15, -0.1) is 11.3 Å². The molecule has 1 aliphatic rings. The highest BCUT2D eigenvalue weighted by Gasteiger charge is 2.36. The van der Waals surface area contributed by atoms with Crippen molar-refractivity contribution in [3.8, 4) is 56.2 Å². The van der Waals surface area contributed by atoms with Crippen LogP contribution in [0.3, 0.4) is 0 Å². The average molecular weight is 707 g/mol. The molecule has 0 atom stereocenters. The van der Waals surface area contributed by atoms with Gasteiger partial charge in [0.05, 0.1) is 11.4 Å². The Bertz CT molecular complexity index is 3130. The molecule has 2 aromatic heterocycles. The molecule has 54 heavy (non-hydrogen) atoms. The number of nitrogens with zero attached hydrogens (tertiary/aromatic N) is 2. The number of hydrogen-bond donors (Lipinski definition) is 0. The molecule has 0 fully saturated rings. The Morgan fingerprint density at radius 3 is 1.93 bits per heavy atom. The molecule has 1 aliphatic carbocycles. The van der Waals surface area contributed by atoms with Gasteiger partial charge in [-0.3, -0.25) is 0 Å². The monoisotopic (exact) mass is 706 g/mol. The molecule has 0 bridgehead atoms. The van der Waals surface area contributed by atoms with Crippen LogP contribution in [0.1, 0.15) is 25.0 Å². The predicted octanol–water partition coefficient (Wildman–Crippen LogP) is 14.1. The molecule has 10 aromatic rings. The third-order valence-corrected chi connectivity index (χ3v) is 12.7. The van der Waals surface area contributed by atoms with Crippen LogP contribution >= 0.6 is 11.3 Å². The van der Waals surface area contributed by atoms with Gasteiger partial charge in [0, 0.05) is 42.3 Å². The van der Waals surface area contributed by atoms with E-state index in [4.69, 9.17) is 9.97 Å². The second-order valence-electron chi connectivity index (χ2n) is 14.9. The molecule has 0 unspecified atom stereocenters. The van der Waals surface area contributed by atoms with Gasteiger partial charge in [-0.1, -0.05) is 166 Å². The topological polar surface area (TPSA) is 25.8 Å². The minimum Gasteiger partial charge on any atom is -0.228 e. The van der Waals surface area contributed by atoms with Gasteiger partial charge in [-0.2, -0.15) is 0 Å². The number of benzene rings is 8. The van der Waals surface area contributed by atoms with Crippen molar-refractivity contribution in [1.82, 2.24) is 9.97 Å². The van der Waals surface area contributed by atoms with Crippen molar-refractivity contribution in [3.63, 3.8) is 0 Å². The summed E-state index contributed by atoms with van der Waals surface area (Å²) in [5.74, 6) is 0.725. The molecule has 254 valence electrons. The summed E-state index contributed by atoms with van der Waals surface area (Å²) in [5, 5.41) is 7.46. The Morgan fingerprint density at radius 1 is 0.426 bits per heavy atom. The molecule has 2 heterocycles. The van der Waals surface area contributed by atoms with Crippen LogP contribution < -0.4 is 0 Å². The van der Waals surface area contributed by atoms with Gasteiger partial charge in [-0.25, -0.2) is 9.97 Å². The second-order valence-corrected chi connectivity index (χ2v) is 16.0. The molecule has 3 heteroatoms. The zero-order chi connectivity index (χ0) is 36.0. The van der Waals surface area contributed by atoms with E-state index in [0.29, 0.717) is 0 Å². The van der Waals surface area contributed by atoms with Crippen molar-refractivity contribution in [2.45, 2.75) is 19.3 Å². The normalized spacial score (nSPS) is 13.1. The van der Waals surface area contributed by atoms with Gasteiger partial charge in [0.25, 0.3) is 0 Å². The van der Waals surface area contributed by atoms with E-state index >= 15 is 0 Å². The summed E-state index contributed by atoms with van der Waals surface area (Å²) in [7, 11) is 0. The summed E-state index contributed by atoms with van der Waals surface area (Å²) >= 11 is 1.83. The fourth-order valence-corrected chi connectivity index (χ4v) is 10.1. The molecule has 0 saturated carbocycles. The van der Waals surface area contributed by atoms with Crippen LogP contribution in [0.25, 0.3) is 97.9 Å². The summed E-state index contributed by atoms with van der Waals surface area (Å²) < 4.78 is 2.53. The largest absolute Gasteiger partial charge is 0.228 e. The van der Waals surface area contributed by atoms with E-state index in [-0.39, 0.29) is 5.41 Å². The van der Waals surface area contributed by atoms with Crippen LogP contribution in [0.4, 0.5) is 0 Å². The third kappa shape index (κ3) is 4.65. The number of hydrogen-bond acceptors (Lipinski definition) is 3. The van der Waals surface area contributed by atoms with E-state index in [2.05, 4.69) is 184 Å². The Morgan fingerprint density at radius 2 is 1.07 bits per heavy atom. The van der Waals surface area contributed by atoms with E-state index < -0.39 is 0 Å². The first-order valence-electron chi connectivity index (χ1n) is 18.6. The summed E-state index contributed by atoms with van der Waals surface area (Å²) in [6.45, 7) is 4.71. The van der Waals surface area contributed by atoms with Crippen LogP contribution in [-0.2, 0) is 5.41 Å². The lowest BCUT2D eigenvalue weighted by molar-refractivity contribution is 0.661. The van der Waals surface area contributed by atoms with E-state index in [1.54, 1.807) is 0 Å². The highest BCUT2D eigenvalue weighted by molar-refractivity contribution is 7.26. The first kappa shape index (κ1) is 31.1. The first-order valence-corrected chi connectivity index (χ1v) is 19.4. The Labute approximate surface area is 318 Å². The summed E-state index contributed by atoms with van der Waals surface area (Å²) in [4.78, 5) is 10.7. The number of rotatable bonds is 4. The maximum Gasteiger partial charge on any atom is 0.161 e.